The fourth-order valence-corrected chi connectivity index (χ4v) is 13.2. The van der Waals surface area contributed by atoms with E-state index in [4.69, 9.17) is 4.74 Å². The predicted octanol–water partition coefficient (Wildman–Crippen LogP) is 27.2. The summed E-state index contributed by atoms with van der Waals surface area (Å²) in [7, 11) is 0. The largest absolute Gasteiger partial charge is 0.466 e. The van der Waals surface area contributed by atoms with E-state index in [-0.39, 0.29) is 18.5 Å². The average Bonchev–Trinajstić information content (AvgIpc) is 3.65. The van der Waals surface area contributed by atoms with Crippen LogP contribution in [0.1, 0.15) is 470 Å². The van der Waals surface area contributed by atoms with Gasteiger partial charge in [0.25, 0.3) is 0 Å². The standard InChI is InChI=1S/C83H161NO5/c1-3-5-7-9-11-13-15-17-19-21-22-38-41-44-47-51-55-59-63-67-71-75-81(86)80(79-85)84-82(87)76-72-68-64-60-56-52-48-45-42-39-36-34-32-30-28-26-24-23-25-27-29-31-33-35-37-40-43-46-50-54-58-62-66-70-74-78-89-83(88)77-73-69-65-61-57-53-49-20-18-16-14-12-10-8-6-4-2/h25,27,71,75,80-81,85-86H,3-24,26,28-70,72-74,76-79H2,1-2H3,(H,84,87)/b27-25-,75-71+. The summed E-state index contributed by atoms with van der Waals surface area (Å²) >= 11 is 0. The minimum atomic E-state index is -0.843. The van der Waals surface area contributed by atoms with Crippen molar-refractivity contribution in [1.29, 1.82) is 0 Å². The molecule has 89 heavy (non-hydrogen) atoms. The number of hydrogen-bond acceptors (Lipinski definition) is 5. The van der Waals surface area contributed by atoms with Gasteiger partial charge in [-0.2, -0.15) is 0 Å². The van der Waals surface area contributed by atoms with Crippen molar-refractivity contribution in [3.05, 3.63) is 24.3 Å². The number of allylic oxidation sites excluding steroid dienone is 3. The van der Waals surface area contributed by atoms with E-state index < -0.39 is 12.1 Å². The highest BCUT2D eigenvalue weighted by Crippen LogP contribution is 2.20. The molecular formula is C83H161NO5. The van der Waals surface area contributed by atoms with Crippen molar-refractivity contribution in [2.24, 2.45) is 0 Å². The van der Waals surface area contributed by atoms with Gasteiger partial charge in [-0.1, -0.05) is 423 Å². The molecular weight excluding hydrogens is 1090 g/mol. The smallest absolute Gasteiger partial charge is 0.305 e. The molecule has 0 aliphatic heterocycles. The van der Waals surface area contributed by atoms with Crippen molar-refractivity contribution in [2.75, 3.05) is 13.2 Å². The van der Waals surface area contributed by atoms with Gasteiger partial charge in [-0.05, 0) is 57.8 Å². The van der Waals surface area contributed by atoms with Gasteiger partial charge in [0, 0.05) is 12.8 Å². The van der Waals surface area contributed by atoms with Crippen LogP contribution in [0.25, 0.3) is 0 Å². The van der Waals surface area contributed by atoms with Gasteiger partial charge >= 0.3 is 5.97 Å². The van der Waals surface area contributed by atoms with Crippen molar-refractivity contribution in [2.45, 2.75) is 482 Å². The summed E-state index contributed by atoms with van der Waals surface area (Å²) in [5.74, 6) is -0.0348. The average molecular weight is 1250 g/mol. The van der Waals surface area contributed by atoms with Gasteiger partial charge in [-0.3, -0.25) is 9.59 Å². The van der Waals surface area contributed by atoms with E-state index in [1.165, 1.54) is 405 Å². The van der Waals surface area contributed by atoms with Crippen LogP contribution in [0.4, 0.5) is 0 Å². The van der Waals surface area contributed by atoms with Gasteiger partial charge in [0.1, 0.15) is 0 Å². The van der Waals surface area contributed by atoms with Crippen LogP contribution in [0.3, 0.4) is 0 Å². The molecule has 3 N–H and O–H groups in total. The molecule has 528 valence electrons. The molecule has 0 heterocycles. The molecule has 1 amide bonds. The lowest BCUT2D eigenvalue weighted by atomic mass is 10.0. The Balaban J connectivity index is 3.35. The molecule has 0 aromatic heterocycles. The third-order valence-corrected chi connectivity index (χ3v) is 19.5. The first-order valence-electron chi connectivity index (χ1n) is 41.1. The molecule has 2 unspecified atom stereocenters. The fraction of sp³-hybridized carbons (Fsp3) is 0.928. The number of carbonyl (C=O) groups is 2. The molecule has 6 nitrogen and oxygen atoms in total. The molecule has 6 heteroatoms. The van der Waals surface area contributed by atoms with E-state index in [9.17, 15) is 19.8 Å². The number of hydrogen-bond donors (Lipinski definition) is 3. The Labute approximate surface area is 558 Å². The quantitative estimate of drug-likeness (QED) is 0.0320. The highest BCUT2D eigenvalue weighted by molar-refractivity contribution is 5.76. The lowest BCUT2D eigenvalue weighted by Gasteiger charge is -2.20. The molecule has 0 aliphatic carbocycles. The number of amides is 1. The Kier molecular flexibility index (Phi) is 77.3. The number of esters is 1. The van der Waals surface area contributed by atoms with Crippen LogP contribution in [0.15, 0.2) is 24.3 Å². The molecule has 0 aliphatic rings. The summed E-state index contributed by atoms with van der Waals surface area (Å²) < 4.78 is 5.51. The molecule has 0 aromatic carbocycles. The zero-order valence-electron chi connectivity index (χ0n) is 60.7. The molecule has 0 spiro atoms. The van der Waals surface area contributed by atoms with Crippen molar-refractivity contribution >= 4 is 11.9 Å². The van der Waals surface area contributed by atoms with Crippen molar-refractivity contribution < 1.29 is 24.5 Å². The van der Waals surface area contributed by atoms with Gasteiger partial charge in [0.05, 0.1) is 25.4 Å². The maximum atomic E-state index is 12.5. The number of nitrogens with one attached hydrogen (secondary N) is 1. The zero-order chi connectivity index (χ0) is 64.2. The van der Waals surface area contributed by atoms with E-state index >= 15 is 0 Å². The minimum absolute atomic E-state index is 0.0245. The topological polar surface area (TPSA) is 95.9 Å². The second kappa shape index (κ2) is 78.8. The van der Waals surface area contributed by atoms with Crippen LogP contribution in [0.5, 0.6) is 0 Å². The monoisotopic (exact) mass is 1250 g/mol. The summed E-state index contributed by atoms with van der Waals surface area (Å²) in [4.78, 5) is 24.7. The number of aliphatic hydroxyl groups excluding tert-OH is 2. The Bertz CT molecular complexity index is 1400. The summed E-state index contributed by atoms with van der Waals surface area (Å²) in [5.41, 5.74) is 0. The first kappa shape index (κ1) is 87.3. The molecule has 0 radical (unpaired) electrons. The van der Waals surface area contributed by atoms with E-state index in [0.29, 0.717) is 19.4 Å². The van der Waals surface area contributed by atoms with Crippen LogP contribution in [-0.4, -0.2) is 47.4 Å². The number of aliphatic hydroxyl groups is 2. The lowest BCUT2D eigenvalue weighted by molar-refractivity contribution is -0.143. The zero-order valence-corrected chi connectivity index (χ0v) is 60.7. The minimum Gasteiger partial charge on any atom is -0.466 e. The van der Waals surface area contributed by atoms with E-state index in [2.05, 4.69) is 31.3 Å². The maximum Gasteiger partial charge on any atom is 0.305 e. The van der Waals surface area contributed by atoms with Crippen LogP contribution >= 0.6 is 0 Å². The van der Waals surface area contributed by atoms with Gasteiger partial charge in [0.15, 0.2) is 0 Å². The molecule has 2 atom stereocenters. The van der Waals surface area contributed by atoms with Crippen LogP contribution < -0.4 is 5.32 Å². The second-order valence-corrected chi connectivity index (χ2v) is 28.5. The maximum absolute atomic E-state index is 12.5. The third-order valence-electron chi connectivity index (χ3n) is 19.5. The number of unbranched alkanes of at least 4 members (excludes halogenated alkanes) is 65. The Morgan fingerprint density at radius 3 is 0.798 bits per heavy atom. The highest BCUT2D eigenvalue weighted by atomic mass is 16.5. The first-order chi connectivity index (χ1) is 44.0. The van der Waals surface area contributed by atoms with Crippen molar-refractivity contribution in [3.8, 4) is 0 Å². The van der Waals surface area contributed by atoms with E-state index in [1.807, 2.05) is 6.08 Å². The molecule has 0 aromatic rings. The van der Waals surface area contributed by atoms with Gasteiger partial charge < -0.3 is 20.3 Å². The van der Waals surface area contributed by atoms with Gasteiger partial charge in [-0.25, -0.2) is 0 Å². The van der Waals surface area contributed by atoms with Crippen molar-refractivity contribution in [1.82, 2.24) is 5.32 Å². The molecule has 0 bridgehead atoms. The Hall–Kier alpha value is -1.66. The molecule has 0 fully saturated rings. The van der Waals surface area contributed by atoms with Gasteiger partial charge in [-0.15, -0.1) is 0 Å². The summed E-state index contributed by atoms with van der Waals surface area (Å²) in [6.07, 6.45) is 102. The molecule has 0 saturated heterocycles. The summed E-state index contributed by atoms with van der Waals surface area (Å²) in [5, 5.41) is 23.3. The normalized spacial score (nSPS) is 12.5. The van der Waals surface area contributed by atoms with Crippen LogP contribution in [0, 0.1) is 0 Å². The third kappa shape index (κ3) is 75.3. The molecule has 0 rings (SSSR count). The second-order valence-electron chi connectivity index (χ2n) is 28.5. The van der Waals surface area contributed by atoms with Crippen molar-refractivity contribution in [3.63, 3.8) is 0 Å². The van der Waals surface area contributed by atoms with Gasteiger partial charge in [0.2, 0.25) is 5.91 Å². The fourth-order valence-electron chi connectivity index (χ4n) is 13.2. The van der Waals surface area contributed by atoms with Crippen LogP contribution in [0.2, 0.25) is 0 Å². The SMILES string of the molecule is CCCCCCCCCCCCCCCCCCCCC/C=C/C(O)C(CO)NC(=O)CCCCCCCCCCCCCCCCCCC/C=C\CCCCCCCCCCCCCCCCOC(=O)CCCCCCCCCCCCCCCCCC. The Morgan fingerprint density at radius 2 is 0.528 bits per heavy atom. The molecule has 0 saturated carbocycles. The van der Waals surface area contributed by atoms with E-state index in [1.54, 1.807) is 6.08 Å². The number of rotatable bonds is 78. The summed E-state index contributed by atoms with van der Waals surface area (Å²) in [6.45, 7) is 4.97. The number of ether oxygens (including phenoxy) is 1. The highest BCUT2D eigenvalue weighted by Gasteiger charge is 2.18. The predicted molar refractivity (Wildman–Crippen MR) is 393 cm³/mol. The lowest BCUT2D eigenvalue weighted by Crippen LogP contribution is -2.45. The van der Waals surface area contributed by atoms with E-state index in [0.717, 1.165) is 38.5 Å². The summed E-state index contributed by atoms with van der Waals surface area (Å²) in [6, 6.07) is -0.626. The first-order valence-corrected chi connectivity index (χ1v) is 41.1. The van der Waals surface area contributed by atoms with Crippen LogP contribution in [-0.2, 0) is 14.3 Å². The number of carbonyl (C=O) groups excluding carboxylic acids is 2. The Morgan fingerprint density at radius 1 is 0.303 bits per heavy atom.